The summed E-state index contributed by atoms with van der Waals surface area (Å²) < 4.78 is 0.978. The fraction of sp³-hybridized carbons (Fsp3) is 0.300. The first-order valence-electron chi connectivity index (χ1n) is 4.48. The van der Waals surface area contributed by atoms with Crippen molar-refractivity contribution >= 4 is 39.3 Å². The van der Waals surface area contributed by atoms with Crippen LogP contribution in [-0.4, -0.2) is 11.7 Å². The number of primary amides is 1. The largest absolute Gasteiger partial charge is 0.398 e. The summed E-state index contributed by atoms with van der Waals surface area (Å²) in [4.78, 5) is 11.8. The van der Waals surface area contributed by atoms with Crippen molar-refractivity contribution in [3.8, 4) is 0 Å². The molecular weight excluding hydrogens is 276 g/mol. The molecule has 1 unspecified atom stereocenters. The van der Waals surface area contributed by atoms with E-state index >= 15 is 0 Å². The van der Waals surface area contributed by atoms with Crippen LogP contribution in [0.25, 0.3) is 0 Å². The highest BCUT2D eigenvalue weighted by atomic mass is 79.9. The number of carbonyl (C=O) groups excluding carboxylic acids is 1. The predicted molar refractivity (Wildman–Crippen MR) is 67.6 cm³/mol. The first-order chi connectivity index (χ1) is 7.00. The van der Waals surface area contributed by atoms with Gasteiger partial charge < -0.3 is 11.5 Å². The van der Waals surface area contributed by atoms with Crippen LogP contribution < -0.4 is 11.5 Å². The summed E-state index contributed by atoms with van der Waals surface area (Å²) in [5, 5.41) is 0. The minimum Gasteiger partial charge on any atom is -0.398 e. The quantitative estimate of drug-likeness (QED) is 0.659. The van der Waals surface area contributed by atoms with E-state index in [0.717, 1.165) is 15.1 Å². The molecule has 3 nitrogen and oxygen atoms in total. The predicted octanol–water partition coefficient (Wildman–Crippen LogP) is 2.24. The summed E-state index contributed by atoms with van der Waals surface area (Å²) in [6.07, 6.45) is 0. The molecule has 0 spiro atoms. The van der Waals surface area contributed by atoms with Crippen molar-refractivity contribution in [2.45, 2.75) is 11.8 Å². The zero-order valence-corrected chi connectivity index (χ0v) is 10.8. The molecule has 15 heavy (non-hydrogen) atoms. The van der Waals surface area contributed by atoms with E-state index < -0.39 is 0 Å². The van der Waals surface area contributed by atoms with Gasteiger partial charge >= 0.3 is 0 Å². The molecule has 0 aliphatic carbocycles. The van der Waals surface area contributed by atoms with Crippen LogP contribution in [0, 0.1) is 5.92 Å². The molecule has 0 saturated heterocycles. The monoisotopic (exact) mass is 288 g/mol. The van der Waals surface area contributed by atoms with Crippen LogP contribution in [0.1, 0.15) is 6.92 Å². The number of anilines is 1. The van der Waals surface area contributed by atoms with Gasteiger partial charge in [0.25, 0.3) is 0 Å². The molecule has 82 valence electrons. The Morgan fingerprint density at radius 2 is 2.27 bits per heavy atom. The van der Waals surface area contributed by atoms with Crippen LogP contribution in [0.5, 0.6) is 0 Å². The Balaban J connectivity index is 2.65. The van der Waals surface area contributed by atoms with Crippen molar-refractivity contribution in [3.05, 3.63) is 22.7 Å². The van der Waals surface area contributed by atoms with Crippen LogP contribution >= 0.6 is 27.7 Å². The molecule has 0 bridgehead atoms. The van der Waals surface area contributed by atoms with Gasteiger partial charge in [-0.15, -0.1) is 11.8 Å². The van der Waals surface area contributed by atoms with Gasteiger partial charge in [-0.25, -0.2) is 0 Å². The van der Waals surface area contributed by atoms with Gasteiger partial charge in [0.15, 0.2) is 0 Å². The van der Waals surface area contributed by atoms with E-state index in [1.54, 1.807) is 11.8 Å². The molecule has 1 rings (SSSR count). The molecule has 0 fully saturated rings. The van der Waals surface area contributed by atoms with Crippen molar-refractivity contribution in [1.29, 1.82) is 0 Å². The number of halogens is 1. The Morgan fingerprint density at radius 3 is 2.87 bits per heavy atom. The normalized spacial score (nSPS) is 12.4. The number of thioether (sulfide) groups is 1. The fourth-order valence-electron chi connectivity index (χ4n) is 0.930. The average molecular weight is 289 g/mol. The second-order valence-corrected chi connectivity index (χ2v) is 5.27. The molecule has 0 saturated carbocycles. The average Bonchev–Trinajstić information content (AvgIpc) is 2.18. The van der Waals surface area contributed by atoms with E-state index in [1.165, 1.54) is 0 Å². The first-order valence-corrected chi connectivity index (χ1v) is 6.25. The van der Waals surface area contributed by atoms with Crippen molar-refractivity contribution in [1.82, 2.24) is 0 Å². The molecule has 0 aliphatic heterocycles. The Labute approximate surface area is 102 Å². The van der Waals surface area contributed by atoms with Gasteiger partial charge in [-0.2, -0.15) is 0 Å². The lowest BCUT2D eigenvalue weighted by Crippen LogP contribution is -2.22. The van der Waals surface area contributed by atoms with E-state index in [1.807, 2.05) is 25.1 Å². The molecule has 1 aromatic carbocycles. The molecule has 4 N–H and O–H groups in total. The highest BCUT2D eigenvalue weighted by molar-refractivity contribution is 9.10. The fourth-order valence-corrected chi connectivity index (χ4v) is 2.48. The number of nitrogens with two attached hydrogens (primary N) is 2. The highest BCUT2D eigenvalue weighted by Crippen LogP contribution is 2.29. The first kappa shape index (κ1) is 12.4. The van der Waals surface area contributed by atoms with E-state index in [9.17, 15) is 4.79 Å². The lowest BCUT2D eigenvalue weighted by Gasteiger charge is -2.08. The third-order valence-electron chi connectivity index (χ3n) is 1.95. The van der Waals surface area contributed by atoms with E-state index in [0.29, 0.717) is 5.75 Å². The molecule has 1 amide bonds. The SMILES string of the molecule is CC(CSc1cc(Br)ccc1N)C(N)=O. The van der Waals surface area contributed by atoms with Gasteiger partial charge in [-0.1, -0.05) is 22.9 Å². The Kier molecular flexibility index (Phi) is 4.47. The number of hydrogen-bond donors (Lipinski definition) is 2. The number of nitrogen functional groups attached to an aromatic ring is 1. The summed E-state index contributed by atoms with van der Waals surface area (Å²) in [5.74, 6) is 0.222. The topological polar surface area (TPSA) is 69.1 Å². The third-order valence-corrected chi connectivity index (χ3v) is 3.77. The summed E-state index contributed by atoms with van der Waals surface area (Å²) in [6, 6.07) is 5.66. The third kappa shape index (κ3) is 3.76. The molecule has 0 heterocycles. The van der Waals surface area contributed by atoms with Crippen molar-refractivity contribution < 1.29 is 4.79 Å². The van der Waals surface area contributed by atoms with Crippen molar-refractivity contribution in [2.24, 2.45) is 11.7 Å². The van der Waals surface area contributed by atoms with E-state index in [4.69, 9.17) is 11.5 Å². The minimum absolute atomic E-state index is 0.145. The number of amides is 1. The van der Waals surface area contributed by atoms with E-state index in [2.05, 4.69) is 15.9 Å². The maximum absolute atomic E-state index is 10.8. The lowest BCUT2D eigenvalue weighted by molar-refractivity contribution is -0.120. The van der Waals surface area contributed by atoms with Gasteiger partial charge in [0.2, 0.25) is 5.91 Å². The maximum atomic E-state index is 10.8. The number of rotatable bonds is 4. The van der Waals surface area contributed by atoms with Gasteiger partial charge in [0.1, 0.15) is 0 Å². The molecule has 0 radical (unpaired) electrons. The van der Waals surface area contributed by atoms with Crippen molar-refractivity contribution in [2.75, 3.05) is 11.5 Å². The maximum Gasteiger partial charge on any atom is 0.221 e. The molecule has 5 heteroatoms. The van der Waals surface area contributed by atoms with Crippen LogP contribution in [0.4, 0.5) is 5.69 Å². The Morgan fingerprint density at radius 1 is 1.60 bits per heavy atom. The summed E-state index contributed by atoms with van der Waals surface area (Å²) >= 11 is 4.91. The summed E-state index contributed by atoms with van der Waals surface area (Å²) in [5.41, 5.74) is 11.7. The molecule has 1 atom stereocenters. The lowest BCUT2D eigenvalue weighted by atomic mass is 10.2. The molecule has 0 aromatic heterocycles. The molecular formula is C10H13BrN2OS. The second kappa shape index (κ2) is 5.42. The van der Waals surface area contributed by atoms with E-state index in [-0.39, 0.29) is 11.8 Å². The van der Waals surface area contributed by atoms with Gasteiger partial charge in [0, 0.05) is 26.7 Å². The second-order valence-electron chi connectivity index (χ2n) is 3.30. The molecule has 1 aromatic rings. The van der Waals surface area contributed by atoms with Crippen LogP contribution in [0.2, 0.25) is 0 Å². The summed E-state index contributed by atoms with van der Waals surface area (Å²) in [7, 11) is 0. The van der Waals surface area contributed by atoms with Gasteiger partial charge in [-0.3, -0.25) is 4.79 Å². The highest BCUT2D eigenvalue weighted by Gasteiger charge is 2.10. The minimum atomic E-state index is -0.281. The van der Waals surface area contributed by atoms with Crippen LogP contribution in [0.15, 0.2) is 27.6 Å². The Hall–Kier alpha value is -0.680. The number of carbonyl (C=O) groups is 1. The van der Waals surface area contributed by atoms with Crippen LogP contribution in [0.3, 0.4) is 0 Å². The van der Waals surface area contributed by atoms with Crippen molar-refractivity contribution in [3.63, 3.8) is 0 Å². The zero-order chi connectivity index (χ0) is 11.4. The van der Waals surface area contributed by atoms with Gasteiger partial charge in [-0.05, 0) is 18.2 Å². The smallest absolute Gasteiger partial charge is 0.221 e. The number of benzene rings is 1. The zero-order valence-electron chi connectivity index (χ0n) is 8.37. The van der Waals surface area contributed by atoms with Crippen LogP contribution in [-0.2, 0) is 4.79 Å². The van der Waals surface area contributed by atoms with Gasteiger partial charge in [0.05, 0.1) is 0 Å². The Bertz CT molecular complexity index is 370. The molecule has 0 aliphatic rings. The summed E-state index contributed by atoms with van der Waals surface area (Å²) in [6.45, 7) is 1.81. The standard InChI is InChI=1S/C10H13BrN2OS/c1-6(10(13)14)5-15-9-4-7(11)2-3-8(9)12/h2-4,6H,5,12H2,1H3,(H2,13,14). The number of hydrogen-bond acceptors (Lipinski definition) is 3.